The van der Waals surface area contributed by atoms with Gasteiger partial charge in [-0.3, -0.25) is 0 Å². The third-order valence-electron chi connectivity index (χ3n) is 2.66. The van der Waals surface area contributed by atoms with E-state index in [1.165, 1.54) is 19.3 Å². The highest BCUT2D eigenvalue weighted by Crippen LogP contribution is 2.35. The van der Waals surface area contributed by atoms with Gasteiger partial charge in [0.25, 0.3) is 0 Å². The molecule has 0 amide bonds. The maximum Gasteiger partial charge on any atom is 0.366 e. The van der Waals surface area contributed by atoms with Crippen molar-refractivity contribution in [2.75, 3.05) is 0 Å². The van der Waals surface area contributed by atoms with Crippen LogP contribution in [0.4, 0.5) is 0 Å². The number of halogens is 4. The summed E-state index contributed by atoms with van der Waals surface area (Å²) < 4.78 is 0. The lowest BCUT2D eigenvalue weighted by Crippen LogP contribution is -2.05. The number of benzene rings is 1. The van der Waals surface area contributed by atoms with Gasteiger partial charge in [0.2, 0.25) is 0 Å². The van der Waals surface area contributed by atoms with Gasteiger partial charge in [0, 0.05) is 9.92 Å². The van der Waals surface area contributed by atoms with Crippen LogP contribution in [0.2, 0.25) is 5.02 Å². The van der Waals surface area contributed by atoms with Crippen molar-refractivity contribution in [2.45, 2.75) is 43.9 Å². The minimum Gasteiger partial charge on any atom is -0.121 e. The topological polar surface area (TPSA) is 0 Å². The minimum absolute atomic E-state index is 0.735. The highest BCUT2D eigenvalue weighted by molar-refractivity contribution is 8.03. The molecule has 0 unspecified atom stereocenters. The molecule has 0 fully saturated rings. The van der Waals surface area contributed by atoms with Crippen LogP contribution in [0, 0.1) is 0 Å². The Morgan fingerprint density at radius 3 is 2.30 bits per heavy atom. The Hall–Kier alpha value is 0.687. The summed E-state index contributed by atoms with van der Waals surface area (Å²) in [6.07, 6.45) is 5.80. The van der Waals surface area contributed by atoms with Crippen molar-refractivity contribution in [2.24, 2.45) is 0 Å². The molecule has 0 spiro atoms. The number of unbranched alkanes of at least 4 members (excludes halogenated alkanes) is 3. The molecular formula is C14H18Cl4SSi. The normalized spacial score (nSPS) is 12.8. The van der Waals surface area contributed by atoms with Gasteiger partial charge in [0.1, 0.15) is 0 Å². The molecule has 20 heavy (non-hydrogen) atoms. The Morgan fingerprint density at radius 1 is 1.10 bits per heavy atom. The van der Waals surface area contributed by atoms with E-state index in [-0.39, 0.29) is 0 Å². The Bertz CT molecular complexity index is 426. The first-order chi connectivity index (χ1) is 9.40. The van der Waals surface area contributed by atoms with E-state index in [1.807, 2.05) is 30.0 Å². The molecule has 6 heteroatoms. The Balaban J connectivity index is 2.67. The highest BCUT2D eigenvalue weighted by Gasteiger charge is 2.22. The fourth-order valence-electron chi connectivity index (χ4n) is 1.72. The zero-order chi connectivity index (χ0) is 15.0. The third-order valence-corrected chi connectivity index (χ3v) is 5.87. The molecule has 0 heterocycles. The molecule has 0 aromatic heterocycles. The first kappa shape index (κ1) is 18.7. The molecule has 0 N–H and O–H groups in total. The molecule has 0 atom stereocenters. The molecule has 0 aliphatic carbocycles. The van der Waals surface area contributed by atoms with Gasteiger partial charge in [-0.15, -0.1) is 33.2 Å². The van der Waals surface area contributed by atoms with E-state index in [4.69, 9.17) is 44.8 Å². The monoisotopic (exact) mass is 386 g/mol. The van der Waals surface area contributed by atoms with Gasteiger partial charge in [0.05, 0.1) is 0 Å². The van der Waals surface area contributed by atoms with Crippen LogP contribution in [0.5, 0.6) is 0 Å². The third kappa shape index (κ3) is 8.86. The number of allylic oxidation sites excluding steroid dienone is 1. The summed E-state index contributed by atoms with van der Waals surface area (Å²) in [6.45, 7) is 2.20. The van der Waals surface area contributed by atoms with Gasteiger partial charge < -0.3 is 0 Å². The maximum absolute atomic E-state index is 6.02. The Labute approximate surface area is 145 Å². The van der Waals surface area contributed by atoms with E-state index in [9.17, 15) is 0 Å². The predicted molar refractivity (Wildman–Crippen MR) is 97.5 cm³/mol. The van der Waals surface area contributed by atoms with Crippen LogP contribution in [0.25, 0.3) is 0 Å². The Kier molecular flexibility index (Phi) is 9.04. The van der Waals surface area contributed by atoms with Gasteiger partial charge in [-0.25, -0.2) is 0 Å². The van der Waals surface area contributed by atoms with Crippen LogP contribution >= 0.6 is 56.6 Å². The van der Waals surface area contributed by atoms with E-state index in [0.717, 1.165) is 27.7 Å². The SMILES string of the molecule is CCCCCCC(=C[Si](Cl)(Cl)Cl)Sc1ccc(Cl)cc1. The lowest BCUT2D eigenvalue weighted by atomic mass is 10.1. The summed E-state index contributed by atoms with van der Waals surface area (Å²) in [5.74, 6) is 0. The molecule has 1 aromatic carbocycles. The van der Waals surface area contributed by atoms with E-state index in [0.29, 0.717) is 0 Å². The Morgan fingerprint density at radius 2 is 1.75 bits per heavy atom. The van der Waals surface area contributed by atoms with Gasteiger partial charge in [-0.1, -0.05) is 49.5 Å². The number of rotatable bonds is 8. The molecule has 0 bridgehead atoms. The molecule has 0 saturated carbocycles. The number of hydrogen-bond acceptors (Lipinski definition) is 1. The standard InChI is InChI=1S/C14H18Cl4SSi/c1-2-3-4-5-6-14(11-20(16,17)18)19-13-9-7-12(15)8-10-13/h7-11H,2-6H2,1H3. The zero-order valence-corrected chi connectivity index (χ0v) is 16.2. The average Bonchev–Trinajstić information content (AvgIpc) is 2.35. The fourth-order valence-corrected chi connectivity index (χ4v) is 5.71. The van der Waals surface area contributed by atoms with Gasteiger partial charge in [-0.05, 0) is 47.7 Å². The molecular weight excluding hydrogens is 370 g/mol. The lowest BCUT2D eigenvalue weighted by Gasteiger charge is -2.10. The summed E-state index contributed by atoms with van der Waals surface area (Å²) in [7, 11) is 0. The van der Waals surface area contributed by atoms with Crippen LogP contribution < -0.4 is 0 Å². The highest BCUT2D eigenvalue weighted by atomic mass is 35.8. The van der Waals surface area contributed by atoms with E-state index < -0.39 is 6.00 Å². The zero-order valence-electron chi connectivity index (χ0n) is 11.3. The fraction of sp³-hybridized carbons (Fsp3) is 0.429. The number of hydrogen-bond donors (Lipinski definition) is 0. The van der Waals surface area contributed by atoms with Crippen LogP contribution in [-0.4, -0.2) is 6.00 Å². The van der Waals surface area contributed by atoms with Gasteiger partial charge in [-0.2, -0.15) is 0 Å². The molecule has 1 rings (SSSR count). The first-order valence-corrected chi connectivity index (χ1v) is 12.9. The van der Waals surface area contributed by atoms with Crippen molar-refractivity contribution in [3.63, 3.8) is 0 Å². The molecule has 1 aromatic rings. The van der Waals surface area contributed by atoms with E-state index >= 15 is 0 Å². The van der Waals surface area contributed by atoms with Crippen molar-refractivity contribution < 1.29 is 0 Å². The molecule has 0 aliphatic heterocycles. The second kappa shape index (κ2) is 9.65. The van der Waals surface area contributed by atoms with Crippen molar-refractivity contribution in [3.8, 4) is 0 Å². The second-order valence-electron chi connectivity index (χ2n) is 4.52. The second-order valence-corrected chi connectivity index (χ2v) is 14.6. The summed E-state index contributed by atoms with van der Waals surface area (Å²) in [4.78, 5) is 2.27. The lowest BCUT2D eigenvalue weighted by molar-refractivity contribution is 0.672. The van der Waals surface area contributed by atoms with Gasteiger partial charge in [0.15, 0.2) is 0 Å². The van der Waals surface area contributed by atoms with E-state index in [2.05, 4.69) is 6.92 Å². The van der Waals surface area contributed by atoms with Crippen LogP contribution in [0.15, 0.2) is 39.8 Å². The maximum atomic E-state index is 6.02. The summed E-state index contributed by atoms with van der Waals surface area (Å²) >= 11 is 25.6. The summed E-state index contributed by atoms with van der Waals surface area (Å²) in [6, 6.07) is 5.00. The smallest absolute Gasteiger partial charge is 0.121 e. The molecule has 112 valence electrons. The van der Waals surface area contributed by atoms with Crippen LogP contribution in [0.3, 0.4) is 0 Å². The quantitative estimate of drug-likeness (QED) is 0.193. The van der Waals surface area contributed by atoms with Crippen molar-refractivity contribution in [1.82, 2.24) is 0 Å². The number of thioether (sulfide) groups is 1. The first-order valence-electron chi connectivity index (χ1n) is 6.62. The molecule has 0 saturated heterocycles. The van der Waals surface area contributed by atoms with Crippen LogP contribution in [-0.2, 0) is 0 Å². The van der Waals surface area contributed by atoms with E-state index in [1.54, 1.807) is 11.8 Å². The van der Waals surface area contributed by atoms with Gasteiger partial charge >= 0.3 is 6.00 Å². The molecule has 0 aliphatic rings. The van der Waals surface area contributed by atoms with Crippen molar-refractivity contribution >= 4 is 62.6 Å². The average molecular weight is 388 g/mol. The summed E-state index contributed by atoms with van der Waals surface area (Å²) in [5.41, 5.74) is 1.85. The van der Waals surface area contributed by atoms with Crippen molar-refractivity contribution in [3.05, 3.63) is 39.9 Å². The molecule has 0 radical (unpaired) electrons. The van der Waals surface area contributed by atoms with Crippen molar-refractivity contribution in [1.29, 1.82) is 0 Å². The largest absolute Gasteiger partial charge is 0.366 e. The predicted octanol–water partition coefficient (Wildman–Crippen LogP) is 7.48. The van der Waals surface area contributed by atoms with Crippen LogP contribution in [0.1, 0.15) is 39.0 Å². The minimum atomic E-state index is -2.75. The molecule has 0 nitrogen and oxygen atoms in total. The summed E-state index contributed by atoms with van der Waals surface area (Å²) in [5, 5.41) is 0.735.